The van der Waals surface area contributed by atoms with Gasteiger partial charge >= 0.3 is 0 Å². The summed E-state index contributed by atoms with van der Waals surface area (Å²) in [5.41, 5.74) is 10.8. The zero-order valence-corrected chi connectivity index (χ0v) is 8.64. The second-order valence-electron chi connectivity index (χ2n) is 3.56. The van der Waals surface area contributed by atoms with E-state index in [1.54, 1.807) is 0 Å². The Morgan fingerprint density at radius 3 is 2.71 bits per heavy atom. The lowest BCUT2D eigenvalue weighted by Crippen LogP contribution is -1.97. The van der Waals surface area contributed by atoms with Crippen LogP contribution in [0.2, 0.25) is 0 Å². The summed E-state index contributed by atoms with van der Waals surface area (Å²) in [6, 6.07) is 8.31. The molecule has 74 valence electrons. The van der Waals surface area contributed by atoms with E-state index in [-0.39, 0.29) is 0 Å². The van der Waals surface area contributed by atoms with Crippen molar-refractivity contribution >= 4 is 0 Å². The SMILES string of the molecule is CC(C)c1ccccc1CCN=[N+]=[N-]. The first-order chi connectivity index (χ1) is 6.75. The Balaban J connectivity index is 2.79. The maximum atomic E-state index is 8.18. The molecule has 0 aliphatic heterocycles. The summed E-state index contributed by atoms with van der Waals surface area (Å²) in [6.45, 7) is 4.89. The molecule has 3 heteroatoms. The zero-order chi connectivity index (χ0) is 10.4. The summed E-state index contributed by atoms with van der Waals surface area (Å²) in [4.78, 5) is 2.75. The van der Waals surface area contributed by atoms with E-state index in [0.717, 1.165) is 6.42 Å². The van der Waals surface area contributed by atoms with Gasteiger partial charge in [0.1, 0.15) is 0 Å². The summed E-state index contributed by atoms with van der Waals surface area (Å²) in [7, 11) is 0. The molecule has 0 aromatic heterocycles. The van der Waals surface area contributed by atoms with Gasteiger partial charge in [-0.1, -0.05) is 43.2 Å². The van der Waals surface area contributed by atoms with Crippen LogP contribution in [0.3, 0.4) is 0 Å². The number of nitrogens with zero attached hydrogens (tertiary/aromatic N) is 3. The van der Waals surface area contributed by atoms with Crippen LogP contribution in [-0.2, 0) is 6.42 Å². The average molecular weight is 189 g/mol. The monoisotopic (exact) mass is 189 g/mol. The second-order valence-corrected chi connectivity index (χ2v) is 3.56. The Morgan fingerprint density at radius 1 is 1.36 bits per heavy atom. The van der Waals surface area contributed by atoms with E-state index in [1.807, 2.05) is 12.1 Å². The fourth-order valence-electron chi connectivity index (χ4n) is 1.54. The molecule has 0 fully saturated rings. The number of hydrogen-bond acceptors (Lipinski definition) is 1. The summed E-state index contributed by atoms with van der Waals surface area (Å²) >= 11 is 0. The molecule has 0 amide bonds. The van der Waals surface area contributed by atoms with Crippen LogP contribution in [0, 0.1) is 0 Å². The molecule has 0 N–H and O–H groups in total. The van der Waals surface area contributed by atoms with Gasteiger partial charge < -0.3 is 0 Å². The third-order valence-electron chi connectivity index (χ3n) is 2.22. The minimum Gasteiger partial charge on any atom is -0.0936 e. The molecule has 0 aliphatic carbocycles. The average Bonchev–Trinajstić information content (AvgIpc) is 2.19. The molecule has 14 heavy (non-hydrogen) atoms. The van der Waals surface area contributed by atoms with Gasteiger partial charge in [0, 0.05) is 11.5 Å². The van der Waals surface area contributed by atoms with Crippen molar-refractivity contribution in [3.05, 3.63) is 45.8 Å². The molecule has 0 aliphatic rings. The molecule has 1 rings (SSSR count). The minimum absolute atomic E-state index is 0.525. The summed E-state index contributed by atoms with van der Waals surface area (Å²) in [6.07, 6.45) is 0.832. The Labute approximate surface area is 84.4 Å². The molecule has 0 saturated heterocycles. The third-order valence-corrected chi connectivity index (χ3v) is 2.22. The van der Waals surface area contributed by atoms with Gasteiger partial charge in [0.05, 0.1) is 0 Å². The quantitative estimate of drug-likeness (QED) is 0.394. The molecule has 0 spiro atoms. The fraction of sp³-hybridized carbons (Fsp3) is 0.455. The van der Waals surface area contributed by atoms with Crippen LogP contribution in [-0.4, -0.2) is 6.54 Å². The van der Waals surface area contributed by atoms with E-state index < -0.39 is 0 Å². The van der Waals surface area contributed by atoms with Crippen molar-refractivity contribution in [1.29, 1.82) is 0 Å². The Morgan fingerprint density at radius 2 is 2.07 bits per heavy atom. The van der Waals surface area contributed by atoms with Crippen LogP contribution < -0.4 is 0 Å². The van der Waals surface area contributed by atoms with Gasteiger partial charge in [-0.15, -0.1) is 0 Å². The van der Waals surface area contributed by atoms with E-state index in [0.29, 0.717) is 12.5 Å². The van der Waals surface area contributed by atoms with Gasteiger partial charge in [-0.3, -0.25) is 0 Å². The fourth-order valence-corrected chi connectivity index (χ4v) is 1.54. The normalized spacial score (nSPS) is 9.93. The van der Waals surface area contributed by atoms with Gasteiger partial charge in [0.25, 0.3) is 0 Å². The van der Waals surface area contributed by atoms with Crippen molar-refractivity contribution in [3.8, 4) is 0 Å². The van der Waals surface area contributed by atoms with Gasteiger partial charge in [-0.05, 0) is 29.0 Å². The predicted octanol–water partition coefficient (Wildman–Crippen LogP) is 3.66. The van der Waals surface area contributed by atoms with Crippen molar-refractivity contribution in [1.82, 2.24) is 0 Å². The molecule has 0 atom stereocenters. The molecule has 3 nitrogen and oxygen atoms in total. The maximum absolute atomic E-state index is 8.18. The molecule has 1 aromatic carbocycles. The largest absolute Gasteiger partial charge is 0.0936 e. The van der Waals surface area contributed by atoms with Crippen LogP contribution >= 0.6 is 0 Å². The standard InChI is InChI=1S/C11H15N3/c1-9(2)11-6-4-3-5-10(11)7-8-13-14-12/h3-6,9H,7-8H2,1-2H3. The molecule has 0 unspecified atom stereocenters. The highest BCUT2D eigenvalue weighted by Gasteiger charge is 2.04. The summed E-state index contributed by atoms with van der Waals surface area (Å²) in [5, 5.41) is 3.55. The number of azide groups is 1. The molecular formula is C11H15N3. The smallest absolute Gasteiger partial charge is 0.0298 e. The third kappa shape index (κ3) is 2.79. The Bertz CT molecular complexity index is 338. The van der Waals surface area contributed by atoms with Crippen molar-refractivity contribution in [2.45, 2.75) is 26.2 Å². The maximum Gasteiger partial charge on any atom is 0.0298 e. The van der Waals surface area contributed by atoms with Gasteiger partial charge in [-0.2, -0.15) is 0 Å². The molecule has 0 saturated carbocycles. The van der Waals surface area contributed by atoms with Gasteiger partial charge in [-0.25, -0.2) is 0 Å². The van der Waals surface area contributed by atoms with Crippen molar-refractivity contribution in [3.63, 3.8) is 0 Å². The van der Waals surface area contributed by atoms with Gasteiger partial charge in [0.2, 0.25) is 0 Å². The lowest BCUT2D eigenvalue weighted by molar-refractivity contribution is 0.830. The minimum atomic E-state index is 0.525. The first kappa shape index (κ1) is 10.6. The first-order valence-corrected chi connectivity index (χ1v) is 4.84. The molecule has 1 aromatic rings. The van der Waals surface area contributed by atoms with E-state index in [1.165, 1.54) is 11.1 Å². The van der Waals surface area contributed by atoms with Crippen LogP contribution in [0.5, 0.6) is 0 Å². The lowest BCUT2D eigenvalue weighted by Gasteiger charge is -2.11. The Kier molecular flexibility index (Phi) is 4.02. The molecule has 0 radical (unpaired) electrons. The van der Waals surface area contributed by atoms with E-state index in [4.69, 9.17) is 5.53 Å². The first-order valence-electron chi connectivity index (χ1n) is 4.84. The van der Waals surface area contributed by atoms with Crippen LogP contribution in [0.1, 0.15) is 30.9 Å². The van der Waals surface area contributed by atoms with E-state index in [2.05, 4.69) is 36.0 Å². The van der Waals surface area contributed by atoms with E-state index >= 15 is 0 Å². The second kappa shape index (κ2) is 5.30. The summed E-state index contributed by atoms with van der Waals surface area (Å²) < 4.78 is 0. The Hall–Kier alpha value is -1.47. The lowest BCUT2D eigenvalue weighted by atomic mass is 9.95. The summed E-state index contributed by atoms with van der Waals surface area (Å²) in [5.74, 6) is 0.525. The highest BCUT2D eigenvalue weighted by molar-refractivity contribution is 5.29. The highest BCUT2D eigenvalue weighted by Crippen LogP contribution is 2.19. The molecule has 0 bridgehead atoms. The number of rotatable bonds is 4. The van der Waals surface area contributed by atoms with E-state index in [9.17, 15) is 0 Å². The molecular weight excluding hydrogens is 174 g/mol. The van der Waals surface area contributed by atoms with Crippen molar-refractivity contribution in [2.24, 2.45) is 5.11 Å². The van der Waals surface area contributed by atoms with Crippen LogP contribution in [0.15, 0.2) is 29.4 Å². The molecule has 0 heterocycles. The van der Waals surface area contributed by atoms with Crippen molar-refractivity contribution in [2.75, 3.05) is 6.54 Å². The number of hydrogen-bond donors (Lipinski definition) is 0. The van der Waals surface area contributed by atoms with Crippen molar-refractivity contribution < 1.29 is 0 Å². The zero-order valence-electron chi connectivity index (χ0n) is 8.64. The van der Waals surface area contributed by atoms with Gasteiger partial charge in [0.15, 0.2) is 0 Å². The van der Waals surface area contributed by atoms with Crippen LogP contribution in [0.25, 0.3) is 10.4 Å². The predicted molar refractivity (Wildman–Crippen MR) is 58.2 cm³/mol. The topological polar surface area (TPSA) is 48.8 Å². The van der Waals surface area contributed by atoms with Crippen LogP contribution in [0.4, 0.5) is 0 Å². The highest BCUT2D eigenvalue weighted by atomic mass is 15.1. The number of benzene rings is 1.